The van der Waals surface area contributed by atoms with Gasteiger partial charge in [0, 0.05) is 0 Å². The number of hydrogen-bond donors (Lipinski definition) is 0. The average molecular weight is 543 g/mol. The molecule has 4 heteroatoms. The number of rotatable bonds is 7. The van der Waals surface area contributed by atoms with E-state index in [0.29, 0.717) is 11.9 Å². The Morgan fingerprint density at radius 1 is 0.571 bits per heavy atom. The Morgan fingerprint density at radius 2 is 1.00 bits per heavy atom. The van der Waals surface area contributed by atoms with Crippen molar-refractivity contribution >= 4 is 36.7 Å². The third-order valence-corrected chi connectivity index (χ3v) is 15.9. The zero-order valence-electron chi connectivity index (χ0n) is 19.1. The summed E-state index contributed by atoms with van der Waals surface area (Å²) >= 11 is 4.46. The second kappa shape index (κ2) is 9.77. The fourth-order valence-corrected chi connectivity index (χ4v) is 12.3. The summed E-state index contributed by atoms with van der Waals surface area (Å²) in [5, 5.41) is 0.458. The number of halogens is 2. The van der Waals surface area contributed by atoms with E-state index in [2.05, 4.69) is 88.3 Å². The van der Waals surface area contributed by atoms with Gasteiger partial charge in [-0.25, -0.2) is 0 Å². The molecule has 1 nitrogen and oxygen atoms in total. The molecule has 0 aliphatic heterocycles. The van der Waals surface area contributed by atoms with Crippen molar-refractivity contribution in [1.29, 1.82) is 0 Å². The van der Waals surface area contributed by atoms with Gasteiger partial charge in [0.25, 0.3) is 0 Å². The molecule has 0 saturated heterocycles. The van der Waals surface area contributed by atoms with E-state index >= 15 is 0 Å². The van der Waals surface area contributed by atoms with Crippen LogP contribution < -0.4 is 20.7 Å². The second-order valence-corrected chi connectivity index (χ2v) is 17.5. The molecule has 0 saturated carbocycles. The van der Waals surface area contributed by atoms with E-state index in [-0.39, 0.29) is 11.6 Å². The van der Waals surface area contributed by atoms with Gasteiger partial charge in [0.1, 0.15) is 0 Å². The maximum absolute atomic E-state index is 14.8. The minimum absolute atomic E-state index is 0.223. The predicted octanol–water partition coefficient (Wildman–Crippen LogP) is 7.96. The van der Waals surface area contributed by atoms with Crippen molar-refractivity contribution < 1.29 is 9.13 Å². The van der Waals surface area contributed by atoms with Crippen molar-refractivity contribution in [2.75, 3.05) is 0 Å². The number of ether oxygens (including phenoxy) is 1. The quantitative estimate of drug-likeness (QED) is 0.189. The van der Waals surface area contributed by atoms with Gasteiger partial charge in [-0.1, -0.05) is 0 Å². The van der Waals surface area contributed by atoms with Crippen LogP contribution in [0.3, 0.4) is 0 Å². The standard InChI is InChI=1S/C31H25BrFOP/c32-35(27-15-7-2-8-16-27,28-17-9-3-10-18-28,29-19-11-4-12-20-29)24-25-21-22-30(33)31(23-25)34-26-13-5-1-6-14-26/h1-23H,24H2. The summed E-state index contributed by atoms with van der Waals surface area (Å²) in [5.41, 5.74) is 0.989. The topological polar surface area (TPSA) is 9.23 Å². The Balaban J connectivity index is 1.72. The van der Waals surface area contributed by atoms with Crippen LogP contribution in [-0.2, 0) is 6.16 Å². The van der Waals surface area contributed by atoms with Crippen molar-refractivity contribution in [2.24, 2.45) is 0 Å². The second-order valence-electron chi connectivity index (χ2n) is 8.53. The fourth-order valence-electron chi connectivity index (χ4n) is 4.62. The molecule has 0 bridgehead atoms. The molecule has 0 radical (unpaired) electrons. The van der Waals surface area contributed by atoms with Crippen LogP contribution in [0.15, 0.2) is 140 Å². The molecule has 0 spiro atoms. The van der Waals surface area contributed by atoms with Gasteiger partial charge in [-0.2, -0.15) is 0 Å². The van der Waals surface area contributed by atoms with Crippen molar-refractivity contribution in [3.8, 4) is 11.5 Å². The van der Waals surface area contributed by atoms with E-state index in [4.69, 9.17) is 4.74 Å². The van der Waals surface area contributed by atoms with Crippen LogP contribution in [-0.4, -0.2) is 0 Å². The zero-order valence-corrected chi connectivity index (χ0v) is 21.6. The molecule has 0 atom stereocenters. The van der Waals surface area contributed by atoms with Crippen LogP contribution in [0.4, 0.5) is 4.39 Å². The molecule has 35 heavy (non-hydrogen) atoms. The van der Waals surface area contributed by atoms with Gasteiger partial charge in [0.15, 0.2) is 0 Å². The fraction of sp³-hybridized carbons (Fsp3) is 0.0323. The summed E-state index contributed by atoms with van der Waals surface area (Å²) in [4.78, 5) is 0. The van der Waals surface area contributed by atoms with E-state index in [1.165, 1.54) is 22.0 Å². The van der Waals surface area contributed by atoms with Gasteiger partial charge in [-0.05, 0) is 0 Å². The first-order valence-electron chi connectivity index (χ1n) is 11.5. The van der Waals surface area contributed by atoms with Gasteiger partial charge in [0.2, 0.25) is 0 Å². The first-order valence-corrected chi connectivity index (χ1v) is 15.9. The number of para-hydroxylation sites is 1. The van der Waals surface area contributed by atoms with E-state index < -0.39 is 5.31 Å². The zero-order chi connectivity index (χ0) is 24.2. The van der Waals surface area contributed by atoms with Crippen LogP contribution in [0.5, 0.6) is 11.5 Å². The van der Waals surface area contributed by atoms with Crippen LogP contribution in [0.2, 0.25) is 0 Å². The monoisotopic (exact) mass is 542 g/mol. The van der Waals surface area contributed by atoms with Crippen LogP contribution in [0.25, 0.3) is 0 Å². The van der Waals surface area contributed by atoms with Crippen molar-refractivity contribution in [3.63, 3.8) is 0 Å². The van der Waals surface area contributed by atoms with Crippen molar-refractivity contribution in [3.05, 3.63) is 151 Å². The first-order chi connectivity index (χ1) is 17.1. The van der Waals surface area contributed by atoms with Crippen molar-refractivity contribution in [2.45, 2.75) is 6.16 Å². The van der Waals surface area contributed by atoms with E-state index in [1.54, 1.807) is 0 Å². The first kappa shape index (κ1) is 23.5. The molecule has 5 rings (SSSR count). The van der Waals surface area contributed by atoms with E-state index in [1.807, 2.05) is 60.7 Å². The Hall–Kier alpha value is -3.26. The number of benzene rings is 5. The molecule has 0 N–H and O–H groups in total. The summed E-state index contributed by atoms with van der Waals surface area (Å²) in [6.07, 6.45) is 0.662. The summed E-state index contributed by atoms with van der Waals surface area (Å²) in [5.74, 6) is 0.445. The van der Waals surface area contributed by atoms with Gasteiger partial charge in [-0.15, -0.1) is 0 Å². The molecule has 0 aromatic heterocycles. The molecule has 0 heterocycles. The average Bonchev–Trinajstić information content (AvgIpc) is 2.93. The Morgan fingerprint density at radius 3 is 1.46 bits per heavy atom. The maximum atomic E-state index is 14.8. The Kier molecular flexibility index (Phi) is 6.56. The Labute approximate surface area is 213 Å². The third kappa shape index (κ3) is 4.43. The summed E-state index contributed by atoms with van der Waals surface area (Å²) in [6.45, 7) is 0. The summed E-state index contributed by atoms with van der Waals surface area (Å²) < 4.78 is 20.8. The molecular weight excluding hydrogens is 518 g/mol. The molecule has 0 aliphatic rings. The molecule has 0 aliphatic carbocycles. The van der Waals surface area contributed by atoms with Gasteiger partial charge >= 0.3 is 214 Å². The normalized spacial score (nSPS) is 12.5. The minimum atomic E-state index is -3.18. The molecule has 0 amide bonds. The van der Waals surface area contributed by atoms with Gasteiger partial charge in [0.05, 0.1) is 0 Å². The SMILES string of the molecule is Fc1ccc(CP(Br)(c2ccccc2)(c2ccccc2)c2ccccc2)cc1Oc1ccccc1. The van der Waals surface area contributed by atoms with Crippen LogP contribution >= 0.6 is 20.8 Å². The summed E-state index contributed by atoms with van der Waals surface area (Å²) in [7, 11) is 0. The molecule has 5 aromatic carbocycles. The van der Waals surface area contributed by atoms with Crippen LogP contribution in [0.1, 0.15) is 5.56 Å². The molecule has 0 unspecified atom stereocenters. The van der Waals surface area contributed by atoms with E-state index in [9.17, 15) is 4.39 Å². The number of hydrogen-bond acceptors (Lipinski definition) is 1. The molecular formula is C31H25BrFOP. The third-order valence-electron chi connectivity index (χ3n) is 6.33. The van der Waals surface area contributed by atoms with Gasteiger partial charge in [-0.3, -0.25) is 0 Å². The van der Waals surface area contributed by atoms with Gasteiger partial charge < -0.3 is 0 Å². The Bertz CT molecular complexity index is 1310. The summed E-state index contributed by atoms with van der Waals surface area (Å²) in [6, 6.07) is 46.3. The molecule has 5 aromatic rings. The van der Waals surface area contributed by atoms with Crippen LogP contribution in [0, 0.1) is 5.82 Å². The van der Waals surface area contributed by atoms with E-state index in [0.717, 1.165) is 5.56 Å². The van der Waals surface area contributed by atoms with Crippen molar-refractivity contribution in [1.82, 2.24) is 0 Å². The molecule has 0 fully saturated rings. The predicted molar refractivity (Wildman–Crippen MR) is 151 cm³/mol. The molecule has 174 valence electrons.